The van der Waals surface area contributed by atoms with E-state index in [1.54, 1.807) is 18.3 Å². The highest BCUT2D eigenvalue weighted by molar-refractivity contribution is 6.01. The maximum Gasteiger partial charge on any atom is 0.247 e. The maximum absolute atomic E-state index is 11.0. The molecule has 1 amide bonds. The van der Waals surface area contributed by atoms with Gasteiger partial charge >= 0.3 is 0 Å². The van der Waals surface area contributed by atoms with Crippen molar-refractivity contribution in [2.24, 2.45) is 5.73 Å². The lowest BCUT2D eigenvalue weighted by molar-refractivity contribution is -0.116. The van der Waals surface area contributed by atoms with E-state index in [0.717, 1.165) is 5.56 Å². The summed E-state index contributed by atoms with van der Waals surface area (Å²) in [6, 6.07) is 3.02. The van der Waals surface area contributed by atoms with Crippen molar-refractivity contribution in [3.8, 4) is 0 Å². The van der Waals surface area contributed by atoms with Crippen molar-refractivity contribution in [3.63, 3.8) is 0 Å². The van der Waals surface area contributed by atoms with Crippen LogP contribution in [0.5, 0.6) is 0 Å². The number of fused-ring (bicyclic) bond motifs is 1. The summed E-state index contributed by atoms with van der Waals surface area (Å²) < 4.78 is 0. The summed E-state index contributed by atoms with van der Waals surface area (Å²) in [6.45, 7) is 0. The molecule has 0 saturated heterocycles. The molecule has 1 aliphatic heterocycles. The Labute approximate surface area is 63.4 Å². The molecule has 0 bridgehead atoms. The van der Waals surface area contributed by atoms with Crippen LogP contribution in [0.25, 0.3) is 0 Å². The third-order valence-electron chi connectivity index (χ3n) is 1.70. The fraction of sp³-hybridized carbons (Fsp3) is 0.143. The predicted octanol–water partition coefficient (Wildman–Crippen LogP) is 0.0335. The lowest BCUT2D eigenvalue weighted by Crippen LogP contribution is -2.19. The second-order valence-corrected chi connectivity index (χ2v) is 2.41. The van der Waals surface area contributed by atoms with Crippen LogP contribution < -0.4 is 11.1 Å². The van der Waals surface area contributed by atoms with Crippen molar-refractivity contribution in [2.45, 2.75) is 6.04 Å². The Kier molecular flexibility index (Phi) is 1.16. The zero-order valence-corrected chi connectivity index (χ0v) is 5.74. The van der Waals surface area contributed by atoms with E-state index in [9.17, 15) is 4.79 Å². The van der Waals surface area contributed by atoms with E-state index in [4.69, 9.17) is 5.73 Å². The Morgan fingerprint density at radius 3 is 3.18 bits per heavy atom. The van der Waals surface area contributed by atoms with E-state index in [1.807, 2.05) is 0 Å². The third-order valence-corrected chi connectivity index (χ3v) is 1.70. The fourth-order valence-corrected chi connectivity index (χ4v) is 1.11. The SMILES string of the molecule is NC1C(=O)Nc2ncccc21. The molecule has 0 radical (unpaired) electrons. The number of hydrogen-bond donors (Lipinski definition) is 2. The Morgan fingerprint density at radius 1 is 1.64 bits per heavy atom. The molecule has 4 heteroatoms. The van der Waals surface area contributed by atoms with E-state index < -0.39 is 6.04 Å². The summed E-state index contributed by atoms with van der Waals surface area (Å²) in [4.78, 5) is 14.9. The van der Waals surface area contributed by atoms with Gasteiger partial charge in [0.1, 0.15) is 11.9 Å². The van der Waals surface area contributed by atoms with Crippen molar-refractivity contribution in [3.05, 3.63) is 23.9 Å². The lowest BCUT2D eigenvalue weighted by Gasteiger charge is -1.96. The van der Waals surface area contributed by atoms with E-state index >= 15 is 0 Å². The quantitative estimate of drug-likeness (QED) is 0.547. The number of hydrogen-bond acceptors (Lipinski definition) is 3. The number of aromatic nitrogens is 1. The Bertz CT molecular complexity index is 310. The first-order valence-corrected chi connectivity index (χ1v) is 3.30. The number of rotatable bonds is 0. The molecular formula is C7H7N3O. The highest BCUT2D eigenvalue weighted by atomic mass is 16.2. The number of anilines is 1. The van der Waals surface area contributed by atoms with Gasteiger partial charge < -0.3 is 11.1 Å². The van der Waals surface area contributed by atoms with Crippen LogP contribution in [-0.4, -0.2) is 10.9 Å². The molecule has 3 N–H and O–H groups in total. The Morgan fingerprint density at radius 2 is 2.45 bits per heavy atom. The minimum absolute atomic E-state index is 0.182. The fourth-order valence-electron chi connectivity index (χ4n) is 1.11. The van der Waals surface area contributed by atoms with Gasteiger partial charge in [0, 0.05) is 11.8 Å². The Hall–Kier alpha value is -1.42. The van der Waals surface area contributed by atoms with Crippen LogP contribution in [0.1, 0.15) is 11.6 Å². The van der Waals surface area contributed by atoms with Crippen LogP contribution >= 0.6 is 0 Å². The van der Waals surface area contributed by atoms with Crippen molar-refractivity contribution >= 4 is 11.7 Å². The van der Waals surface area contributed by atoms with Crippen molar-refractivity contribution in [2.75, 3.05) is 5.32 Å². The highest BCUT2D eigenvalue weighted by Gasteiger charge is 2.27. The summed E-state index contributed by atoms with van der Waals surface area (Å²) in [5.41, 5.74) is 6.31. The molecular weight excluding hydrogens is 142 g/mol. The number of amides is 1. The van der Waals surface area contributed by atoms with Crippen LogP contribution in [0.4, 0.5) is 5.82 Å². The molecule has 1 aromatic heterocycles. The van der Waals surface area contributed by atoms with Crippen LogP contribution in [0.3, 0.4) is 0 Å². The summed E-state index contributed by atoms with van der Waals surface area (Å²) >= 11 is 0. The van der Waals surface area contributed by atoms with Crippen molar-refractivity contribution < 1.29 is 4.79 Å². The Balaban J connectivity index is 2.55. The van der Waals surface area contributed by atoms with Gasteiger partial charge in [0.25, 0.3) is 0 Å². The summed E-state index contributed by atoms with van der Waals surface area (Å²) in [6.07, 6.45) is 1.62. The van der Waals surface area contributed by atoms with Gasteiger partial charge in [0.05, 0.1) is 0 Å². The topological polar surface area (TPSA) is 68.0 Å². The van der Waals surface area contributed by atoms with E-state index in [0.29, 0.717) is 5.82 Å². The number of nitrogens with zero attached hydrogens (tertiary/aromatic N) is 1. The van der Waals surface area contributed by atoms with Gasteiger partial charge in [-0.25, -0.2) is 4.98 Å². The zero-order chi connectivity index (χ0) is 7.84. The summed E-state index contributed by atoms with van der Waals surface area (Å²) in [5.74, 6) is 0.406. The number of nitrogens with two attached hydrogens (primary N) is 1. The second kappa shape index (κ2) is 2.03. The van der Waals surface area contributed by atoms with Gasteiger partial charge in [-0.05, 0) is 6.07 Å². The van der Waals surface area contributed by atoms with Gasteiger partial charge in [0.2, 0.25) is 5.91 Å². The molecule has 2 heterocycles. The molecule has 0 fully saturated rings. The first-order valence-electron chi connectivity index (χ1n) is 3.30. The molecule has 4 nitrogen and oxygen atoms in total. The van der Waals surface area contributed by atoms with Crippen LogP contribution in [0.15, 0.2) is 18.3 Å². The van der Waals surface area contributed by atoms with Gasteiger partial charge in [-0.15, -0.1) is 0 Å². The normalized spacial score (nSPS) is 21.2. The monoisotopic (exact) mass is 149 g/mol. The van der Waals surface area contributed by atoms with E-state index in [2.05, 4.69) is 10.3 Å². The molecule has 1 unspecified atom stereocenters. The van der Waals surface area contributed by atoms with E-state index in [1.165, 1.54) is 0 Å². The molecule has 0 aliphatic carbocycles. The van der Waals surface area contributed by atoms with Gasteiger partial charge in [-0.1, -0.05) is 6.07 Å². The molecule has 0 spiro atoms. The summed E-state index contributed by atoms with van der Waals surface area (Å²) in [5, 5.41) is 2.57. The molecule has 1 aliphatic rings. The van der Waals surface area contributed by atoms with Gasteiger partial charge in [0.15, 0.2) is 0 Å². The first kappa shape index (κ1) is 6.30. The standard InChI is InChI=1S/C7H7N3O/c8-5-4-2-1-3-9-6(4)10-7(5)11/h1-3,5H,8H2,(H,9,10,11). The average molecular weight is 149 g/mol. The highest BCUT2D eigenvalue weighted by Crippen LogP contribution is 2.25. The van der Waals surface area contributed by atoms with Crippen molar-refractivity contribution in [1.82, 2.24) is 4.98 Å². The zero-order valence-electron chi connectivity index (χ0n) is 5.74. The molecule has 0 aromatic carbocycles. The minimum Gasteiger partial charge on any atom is -0.316 e. The average Bonchev–Trinajstić information content (AvgIpc) is 2.30. The molecule has 1 aromatic rings. The predicted molar refractivity (Wildman–Crippen MR) is 39.8 cm³/mol. The van der Waals surface area contributed by atoms with Gasteiger partial charge in [-0.3, -0.25) is 4.79 Å². The van der Waals surface area contributed by atoms with Crippen LogP contribution in [0.2, 0.25) is 0 Å². The van der Waals surface area contributed by atoms with Crippen LogP contribution in [0, 0.1) is 0 Å². The van der Waals surface area contributed by atoms with Crippen LogP contribution in [-0.2, 0) is 4.79 Å². The molecule has 11 heavy (non-hydrogen) atoms. The molecule has 0 saturated carbocycles. The molecule has 2 rings (SSSR count). The number of carbonyl (C=O) groups is 1. The van der Waals surface area contributed by atoms with Crippen molar-refractivity contribution in [1.29, 1.82) is 0 Å². The third kappa shape index (κ3) is 0.798. The van der Waals surface area contributed by atoms with Gasteiger partial charge in [-0.2, -0.15) is 0 Å². The number of nitrogens with one attached hydrogen (secondary N) is 1. The molecule has 1 atom stereocenters. The lowest BCUT2D eigenvalue weighted by atomic mass is 10.1. The van der Waals surface area contributed by atoms with E-state index in [-0.39, 0.29) is 5.91 Å². The minimum atomic E-state index is -0.543. The first-order chi connectivity index (χ1) is 5.29. The summed E-state index contributed by atoms with van der Waals surface area (Å²) in [7, 11) is 0. The maximum atomic E-state index is 11.0. The number of carbonyl (C=O) groups excluding carboxylic acids is 1. The molecule has 56 valence electrons. The smallest absolute Gasteiger partial charge is 0.247 e. The second-order valence-electron chi connectivity index (χ2n) is 2.41. The largest absolute Gasteiger partial charge is 0.316 e. The number of pyridine rings is 1.